The standard InChI is InChI=1S/C14H16ClF3N2S/c1-8(2)5-10-7-19-13(21-10)20-12-6-9(14(16,17)18)3-4-11(12)15/h3-4,6,8,10H,5,7H2,1-2H3,(H,19,20). The Morgan fingerprint density at radius 3 is 2.76 bits per heavy atom. The maximum atomic E-state index is 12.7. The van der Waals surface area contributed by atoms with Gasteiger partial charge >= 0.3 is 6.18 Å². The maximum Gasteiger partial charge on any atom is 0.416 e. The average Bonchev–Trinajstić information content (AvgIpc) is 2.77. The molecule has 21 heavy (non-hydrogen) atoms. The molecule has 7 heteroatoms. The Kier molecular flexibility index (Phi) is 5.09. The fourth-order valence-electron chi connectivity index (χ4n) is 2.05. The third-order valence-corrected chi connectivity index (χ3v) is 4.45. The topological polar surface area (TPSA) is 24.4 Å². The Balaban J connectivity index is 2.07. The van der Waals surface area contributed by atoms with Crippen molar-refractivity contribution in [3.05, 3.63) is 28.8 Å². The number of nitrogens with one attached hydrogen (secondary N) is 1. The van der Waals surface area contributed by atoms with Crippen LogP contribution >= 0.6 is 23.4 Å². The normalized spacial score (nSPS) is 19.0. The molecule has 0 fully saturated rings. The molecule has 1 aromatic rings. The van der Waals surface area contributed by atoms with E-state index in [1.54, 1.807) is 11.8 Å². The van der Waals surface area contributed by atoms with Crippen molar-refractivity contribution in [2.75, 3.05) is 11.9 Å². The van der Waals surface area contributed by atoms with Crippen molar-refractivity contribution in [2.45, 2.75) is 31.7 Å². The highest BCUT2D eigenvalue weighted by molar-refractivity contribution is 8.15. The number of anilines is 1. The highest BCUT2D eigenvalue weighted by atomic mass is 35.5. The molecule has 1 atom stereocenters. The van der Waals surface area contributed by atoms with Crippen LogP contribution in [0.5, 0.6) is 0 Å². The van der Waals surface area contributed by atoms with Crippen LogP contribution in [0.4, 0.5) is 18.9 Å². The third kappa shape index (κ3) is 4.54. The molecule has 0 spiro atoms. The maximum absolute atomic E-state index is 12.7. The molecule has 0 aliphatic carbocycles. The van der Waals surface area contributed by atoms with Gasteiger partial charge in [0.15, 0.2) is 5.17 Å². The molecule has 0 saturated carbocycles. The number of hydrogen-bond donors (Lipinski definition) is 1. The molecule has 1 heterocycles. The first-order valence-corrected chi connectivity index (χ1v) is 7.86. The first kappa shape index (κ1) is 16.5. The second-order valence-corrected chi connectivity index (χ2v) is 7.03. The fourth-order valence-corrected chi connectivity index (χ4v) is 3.48. The van der Waals surface area contributed by atoms with Crippen LogP contribution in [0.3, 0.4) is 0 Å². The molecular formula is C14H16ClF3N2S. The van der Waals surface area contributed by atoms with E-state index in [4.69, 9.17) is 11.6 Å². The predicted molar refractivity (Wildman–Crippen MR) is 83.2 cm³/mol. The van der Waals surface area contributed by atoms with E-state index in [9.17, 15) is 13.2 Å². The summed E-state index contributed by atoms with van der Waals surface area (Å²) in [4.78, 5) is 4.33. The van der Waals surface area contributed by atoms with Gasteiger partial charge in [0.1, 0.15) is 0 Å². The minimum Gasteiger partial charge on any atom is -0.334 e. The smallest absolute Gasteiger partial charge is 0.334 e. The Morgan fingerprint density at radius 2 is 2.14 bits per heavy atom. The first-order chi connectivity index (χ1) is 9.75. The van der Waals surface area contributed by atoms with E-state index < -0.39 is 11.7 Å². The molecule has 1 N–H and O–H groups in total. The van der Waals surface area contributed by atoms with E-state index in [2.05, 4.69) is 24.2 Å². The van der Waals surface area contributed by atoms with Crippen LogP contribution < -0.4 is 5.32 Å². The van der Waals surface area contributed by atoms with Gasteiger partial charge in [-0.3, -0.25) is 4.99 Å². The number of halogens is 4. The molecule has 2 rings (SSSR count). The molecular weight excluding hydrogens is 321 g/mol. The Labute approximate surface area is 131 Å². The summed E-state index contributed by atoms with van der Waals surface area (Å²) in [6.45, 7) is 4.95. The lowest BCUT2D eigenvalue weighted by atomic mass is 10.1. The van der Waals surface area contributed by atoms with Crippen LogP contribution in [0.1, 0.15) is 25.8 Å². The largest absolute Gasteiger partial charge is 0.416 e. The van der Waals surface area contributed by atoms with Gasteiger partial charge < -0.3 is 5.32 Å². The highest BCUT2D eigenvalue weighted by Gasteiger charge is 2.31. The summed E-state index contributed by atoms with van der Waals surface area (Å²) < 4.78 is 38.1. The minimum atomic E-state index is -4.38. The molecule has 1 aliphatic heterocycles. The van der Waals surface area contributed by atoms with Crippen molar-refractivity contribution in [1.29, 1.82) is 0 Å². The molecule has 0 radical (unpaired) electrons. The van der Waals surface area contributed by atoms with Gasteiger partial charge in [0.25, 0.3) is 0 Å². The van der Waals surface area contributed by atoms with E-state index in [1.807, 2.05) is 0 Å². The van der Waals surface area contributed by atoms with Crippen molar-refractivity contribution < 1.29 is 13.2 Å². The summed E-state index contributed by atoms with van der Waals surface area (Å²) in [5.74, 6) is 0.564. The van der Waals surface area contributed by atoms with Gasteiger partial charge in [-0.15, -0.1) is 0 Å². The number of amidine groups is 1. The zero-order valence-electron chi connectivity index (χ0n) is 11.7. The van der Waals surface area contributed by atoms with Crippen LogP contribution in [0, 0.1) is 5.92 Å². The summed E-state index contributed by atoms with van der Waals surface area (Å²) >= 11 is 7.51. The van der Waals surface area contributed by atoms with Gasteiger partial charge in [-0.1, -0.05) is 37.2 Å². The van der Waals surface area contributed by atoms with Crippen molar-refractivity contribution in [3.63, 3.8) is 0 Å². The van der Waals surface area contributed by atoms with Gasteiger partial charge in [-0.05, 0) is 30.5 Å². The monoisotopic (exact) mass is 336 g/mol. The van der Waals surface area contributed by atoms with E-state index >= 15 is 0 Å². The number of thioether (sulfide) groups is 1. The lowest BCUT2D eigenvalue weighted by Gasteiger charge is -2.13. The summed E-state index contributed by atoms with van der Waals surface area (Å²) in [5.41, 5.74) is -0.486. The number of aliphatic imine (C=N–C) groups is 1. The highest BCUT2D eigenvalue weighted by Crippen LogP contribution is 2.35. The number of hydrogen-bond acceptors (Lipinski definition) is 3. The lowest BCUT2D eigenvalue weighted by Crippen LogP contribution is -2.11. The van der Waals surface area contributed by atoms with Crippen molar-refractivity contribution in [3.8, 4) is 0 Å². The molecule has 0 aromatic heterocycles. The molecule has 0 bridgehead atoms. The van der Waals surface area contributed by atoms with E-state index in [0.29, 0.717) is 22.9 Å². The molecule has 1 aromatic carbocycles. The zero-order chi connectivity index (χ0) is 15.6. The fraction of sp³-hybridized carbons (Fsp3) is 0.500. The van der Waals surface area contributed by atoms with Gasteiger partial charge in [-0.25, -0.2) is 0 Å². The van der Waals surface area contributed by atoms with E-state index in [1.165, 1.54) is 6.07 Å². The number of alkyl halides is 3. The second kappa shape index (κ2) is 6.48. The molecule has 0 saturated heterocycles. The van der Waals surface area contributed by atoms with Crippen LogP contribution in [-0.2, 0) is 6.18 Å². The SMILES string of the molecule is CC(C)CC1CN=C(Nc2cc(C(F)(F)F)ccc2Cl)S1. The predicted octanol–water partition coefficient (Wildman–Crippen LogP) is 5.29. The lowest BCUT2D eigenvalue weighted by molar-refractivity contribution is -0.137. The van der Waals surface area contributed by atoms with E-state index in [-0.39, 0.29) is 10.7 Å². The van der Waals surface area contributed by atoms with Crippen molar-refractivity contribution in [2.24, 2.45) is 10.9 Å². The average molecular weight is 337 g/mol. The molecule has 1 aliphatic rings. The molecule has 0 amide bonds. The Hall–Kier alpha value is -0.880. The summed E-state index contributed by atoms with van der Waals surface area (Å²) in [6.07, 6.45) is -3.36. The number of benzene rings is 1. The van der Waals surface area contributed by atoms with Gasteiger partial charge in [0, 0.05) is 5.25 Å². The minimum absolute atomic E-state index is 0.239. The number of rotatable bonds is 3. The Morgan fingerprint density at radius 1 is 1.43 bits per heavy atom. The quantitative estimate of drug-likeness (QED) is 0.811. The van der Waals surface area contributed by atoms with Crippen LogP contribution in [0.15, 0.2) is 23.2 Å². The Bertz CT molecular complexity index is 544. The van der Waals surface area contributed by atoms with Gasteiger partial charge in [0.05, 0.1) is 22.8 Å². The molecule has 1 unspecified atom stereocenters. The summed E-state index contributed by atoms with van der Waals surface area (Å²) in [5, 5.41) is 4.15. The zero-order valence-corrected chi connectivity index (χ0v) is 13.2. The van der Waals surface area contributed by atoms with Crippen LogP contribution in [0.25, 0.3) is 0 Å². The van der Waals surface area contributed by atoms with E-state index in [0.717, 1.165) is 18.6 Å². The molecule has 116 valence electrons. The number of nitrogens with zero attached hydrogens (tertiary/aromatic N) is 1. The van der Waals surface area contributed by atoms with Crippen LogP contribution in [-0.4, -0.2) is 17.0 Å². The summed E-state index contributed by atoms with van der Waals surface area (Å²) in [7, 11) is 0. The van der Waals surface area contributed by atoms with Crippen molar-refractivity contribution >= 4 is 34.2 Å². The molecule has 2 nitrogen and oxygen atoms in total. The van der Waals surface area contributed by atoms with Crippen molar-refractivity contribution in [1.82, 2.24) is 0 Å². The van der Waals surface area contributed by atoms with Gasteiger partial charge in [0.2, 0.25) is 0 Å². The third-order valence-electron chi connectivity index (χ3n) is 2.99. The second-order valence-electron chi connectivity index (χ2n) is 5.33. The van der Waals surface area contributed by atoms with Crippen LogP contribution in [0.2, 0.25) is 5.02 Å². The van der Waals surface area contributed by atoms with Gasteiger partial charge in [-0.2, -0.15) is 13.2 Å². The first-order valence-electron chi connectivity index (χ1n) is 6.60. The summed E-state index contributed by atoms with van der Waals surface area (Å²) in [6, 6.07) is 3.23.